The van der Waals surface area contributed by atoms with Crippen LogP contribution in [-0.4, -0.2) is 14.5 Å². The zero-order chi connectivity index (χ0) is 12.4. The summed E-state index contributed by atoms with van der Waals surface area (Å²) >= 11 is 1.06. The van der Waals surface area contributed by atoms with Gasteiger partial charge in [0.2, 0.25) is 5.82 Å². The van der Waals surface area contributed by atoms with Crippen LogP contribution in [0.1, 0.15) is 0 Å². The summed E-state index contributed by atoms with van der Waals surface area (Å²) in [5.41, 5.74) is -0.513. The average Bonchev–Trinajstić information content (AvgIpc) is 2.64. The lowest BCUT2D eigenvalue weighted by molar-refractivity contribution is -0.390. The van der Waals surface area contributed by atoms with Gasteiger partial charge in [0.1, 0.15) is 0 Å². The normalized spacial score (nSPS) is 10.5. The van der Waals surface area contributed by atoms with Crippen molar-refractivity contribution in [1.29, 1.82) is 0 Å². The van der Waals surface area contributed by atoms with E-state index in [1.165, 1.54) is 12.1 Å². The Labute approximate surface area is 100 Å². The molecule has 2 rings (SSSR count). The zero-order valence-corrected chi connectivity index (χ0v) is 9.65. The predicted molar refractivity (Wildman–Crippen MR) is 60.4 cm³/mol. The number of aryl methyl sites for hydroxylation is 1. The number of nitro groups is 1. The first-order chi connectivity index (χ1) is 8.09. The summed E-state index contributed by atoms with van der Waals surface area (Å²) in [5.74, 6) is -0.839. The number of rotatable bonds is 3. The lowest BCUT2D eigenvalue weighted by atomic mass is 10.3. The number of imidazole rings is 1. The van der Waals surface area contributed by atoms with Crippen LogP contribution in [0.4, 0.5) is 10.1 Å². The molecule has 1 aromatic carbocycles. The van der Waals surface area contributed by atoms with E-state index in [1.807, 2.05) is 0 Å². The molecule has 0 amide bonds. The maximum absolute atomic E-state index is 13.3. The van der Waals surface area contributed by atoms with Gasteiger partial charge in [-0.1, -0.05) is 6.07 Å². The largest absolute Gasteiger partial charge is 0.329 e. The standard InChI is InChI=1S/C10H8FN3O2S/c1-13-6-5-12-10(13)17-8-4-2-3-7(11)9(8)14(15)16/h2-6H,1H3. The Bertz CT molecular complexity index is 570. The minimum Gasteiger partial charge on any atom is -0.329 e. The van der Waals surface area contributed by atoms with E-state index in [1.54, 1.807) is 24.0 Å². The fourth-order valence-electron chi connectivity index (χ4n) is 1.30. The van der Waals surface area contributed by atoms with Gasteiger partial charge in [0.25, 0.3) is 0 Å². The number of hydrogen-bond acceptors (Lipinski definition) is 4. The second-order valence-electron chi connectivity index (χ2n) is 3.27. The van der Waals surface area contributed by atoms with Gasteiger partial charge in [-0.15, -0.1) is 0 Å². The lowest BCUT2D eigenvalue weighted by Crippen LogP contribution is -1.96. The minimum atomic E-state index is -0.839. The molecule has 0 atom stereocenters. The van der Waals surface area contributed by atoms with Crippen LogP contribution in [0.3, 0.4) is 0 Å². The van der Waals surface area contributed by atoms with Crippen LogP contribution in [-0.2, 0) is 7.05 Å². The molecule has 1 heterocycles. The van der Waals surface area contributed by atoms with Crippen LogP contribution in [0.25, 0.3) is 0 Å². The Morgan fingerprint density at radius 1 is 1.53 bits per heavy atom. The number of nitrogens with zero attached hydrogens (tertiary/aromatic N) is 3. The molecule has 0 aliphatic carbocycles. The number of aromatic nitrogens is 2. The van der Waals surface area contributed by atoms with Crippen LogP contribution >= 0.6 is 11.8 Å². The quantitative estimate of drug-likeness (QED) is 0.623. The van der Waals surface area contributed by atoms with Gasteiger partial charge in [-0.05, 0) is 23.9 Å². The van der Waals surface area contributed by atoms with E-state index in [4.69, 9.17) is 0 Å². The number of halogens is 1. The number of benzene rings is 1. The molecular weight excluding hydrogens is 245 g/mol. The fraction of sp³-hybridized carbons (Fsp3) is 0.100. The van der Waals surface area contributed by atoms with Crippen molar-refractivity contribution < 1.29 is 9.31 Å². The van der Waals surface area contributed by atoms with E-state index in [9.17, 15) is 14.5 Å². The molecule has 0 bridgehead atoms. The third kappa shape index (κ3) is 2.28. The smallest absolute Gasteiger partial charge is 0.318 e. The van der Waals surface area contributed by atoms with Crippen LogP contribution in [0.2, 0.25) is 0 Å². The summed E-state index contributed by atoms with van der Waals surface area (Å²) in [7, 11) is 1.76. The molecule has 0 aliphatic rings. The van der Waals surface area contributed by atoms with Gasteiger partial charge in [-0.2, -0.15) is 4.39 Å². The molecule has 88 valence electrons. The summed E-state index contributed by atoms with van der Waals surface area (Å²) < 4.78 is 15.1. The zero-order valence-electron chi connectivity index (χ0n) is 8.83. The molecule has 5 nitrogen and oxygen atoms in total. The van der Waals surface area contributed by atoms with Crippen molar-refractivity contribution in [2.24, 2.45) is 7.05 Å². The number of hydrogen-bond donors (Lipinski definition) is 0. The van der Waals surface area contributed by atoms with Crippen molar-refractivity contribution in [1.82, 2.24) is 9.55 Å². The van der Waals surface area contributed by atoms with Crippen molar-refractivity contribution in [3.05, 3.63) is 46.5 Å². The highest BCUT2D eigenvalue weighted by atomic mass is 32.2. The summed E-state index contributed by atoms with van der Waals surface area (Å²) in [6.07, 6.45) is 3.29. The van der Waals surface area contributed by atoms with Crippen molar-refractivity contribution in [3.63, 3.8) is 0 Å². The topological polar surface area (TPSA) is 61.0 Å². The first kappa shape index (κ1) is 11.6. The summed E-state index contributed by atoms with van der Waals surface area (Å²) in [5, 5.41) is 11.3. The summed E-state index contributed by atoms with van der Waals surface area (Å²) in [6, 6.07) is 4.01. The minimum absolute atomic E-state index is 0.240. The molecule has 0 fully saturated rings. The second-order valence-corrected chi connectivity index (χ2v) is 4.28. The Balaban J connectivity index is 2.43. The average molecular weight is 253 g/mol. The van der Waals surface area contributed by atoms with Crippen molar-refractivity contribution >= 4 is 17.4 Å². The van der Waals surface area contributed by atoms with Gasteiger partial charge in [0.15, 0.2) is 5.16 Å². The van der Waals surface area contributed by atoms with Gasteiger partial charge in [-0.3, -0.25) is 10.1 Å². The fourth-order valence-corrected chi connectivity index (χ4v) is 2.23. The van der Waals surface area contributed by atoms with Crippen molar-refractivity contribution in [3.8, 4) is 0 Å². The molecule has 0 unspecified atom stereocenters. The molecule has 17 heavy (non-hydrogen) atoms. The van der Waals surface area contributed by atoms with E-state index in [2.05, 4.69) is 4.98 Å². The third-order valence-electron chi connectivity index (χ3n) is 2.11. The predicted octanol–water partition coefficient (Wildman–Crippen LogP) is 2.62. The molecule has 7 heteroatoms. The van der Waals surface area contributed by atoms with E-state index in [-0.39, 0.29) is 4.90 Å². The van der Waals surface area contributed by atoms with Crippen LogP contribution < -0.4 is 0 Å². The number of nitro benzene ring substituents is 1. The second kappa shape index (κ2) is 4.54. The third-order valence-corrected chi connectivity index (χ3v) is 3.24. The van der Waals surface area contributed by atoms with Crippen molar-refractivity contribution in [2.45, 2.75) is 10.1 Å². The van der Waals surface area contributed by atoms with Crippen LogP contribution in [0.5, 0.6) is 0 Å². The lowest BCUT2D eigenvalue weighted by Gasteiger charge is -2.03. The Morgan fingerprint density at radius 3 is 2.88 bits per heavy atom. The molecule has 1 aromatic heterocycles. The summed E-state index contributed by atoms with van der Waals surface area (Å²) in [4.78, 5) is 14.3. The van der Waals surface area contributed by atoms with Gasteiger partial charge >= 0.3 is 5.69 Å². The molecule has 0 spiro atoms. The van der Waals surface area contributed by atoms with E-state index >= 15 is 0 Å². The SMILES string of the molecule is Cn1ccnc1Sc1cccc(F)c1[N+](=O)[O-]. The molecule has 2 aromatic rings. The number of para-hydroxylation sites is 1. The first-order valence-electron chi connectivity index (χ1n) is 4.67. The first-order valence-corrected chi connectivity index (χ1v) is 5.49. The molecular formula is C10H8FN3O2S. The molecule has 0 aliphatic heterocycles. The van der Waals surface area contributed by atoms with E-state index in [0.717, 1.165) is 17.8 Å². The summed E-state index contributed by atoms with van der Waals surface area (Å²) in [6.45, 7) is 0. The molecule has 0 saturated heterocycles. The van der Waals surface area contributed by atoms with Crippen LogP contribution in [0.15, 0.2) is 40.6 Å². The van der Waals surface area contributed by atoms with Crippen LogP contribution in [0, 0.1) is 15.9 Å². The highest BCUT2D eigenvalue weighted by molar-refractivity contribution is 7.99. The Hall–Kier alpha value is -1.89. The Kier molecular flexibility index (Phi) is 3.10. The van der Waals surface area contributed by atoms with Gasteiger partial charge in [0, 0.05) is 19.4 Å². The molecule has 0 N–H and O–H groups in total. The highest BCUT2D eigenvalue weighted by Crippen LogP contribution is 2.35. The van der Waals surface area contributed by atoms with E-state index < -0.39 is 16.4 Å². The van der Waals surface area contributed by atoms with E-state index in [0.29, 0.717) is 5.16 Å². The highest BCUT2D eigenvalue weighted by Gasteiger charge is 2.21. The van der Waals surface area contributed by atoms with Gasteiger partial charge in [-0.25, -0.2) is 4.98 Å². The molecule has 0 radical (unpaired) electrons. The van der Waals surface area contributed by atoms with Gasteiger partial charge in [0.05, 0.1) is 9.82 Å². The van der Waals surface area contributed by atoms with Crippen molar-refractivity contribution in [2.75, 3.05) is 0 Å². The monoisotopic (exact) mass is 253 g/mol. The maximum atomic E-state index is 13.3. The Morgan fingerprint density at radius 2 is 2.29 bits per heavy atom. The maximum Gasteiger partial charge on any atom is 0.318 e. The molecule has 0 saturated carbocycles. The van der Waals surface area contributed by atoms with Gasteiger partial charge < -0.3 is 4.57 Å².